The summed E-state index contributed by atoms with van der Waals surface area (Å²) in [4.78, 5) is 11.0. The minimum Gasteiger partial charge on any atom is -0.369 e. The van der Waals surface area contributed by atoms with Crippen LogP contribution in [0.5, 0.6) is 0 Å². The van der Waals surface area contributed by atoms with Gasteiger partial charge < -0.3 is 5.73 Å². The standard InChI is InChI=1S/C13H19NOS/c1-10(12(14)15)9-16-13(2,3)11-7-5-4-6-8-11/h4-8,10H,9H2,1-3H3,(H2,14,15)/t10-/m0/s1. The molecule has 88 valence electrons. The Balaban J connectivity index is 2.62. The van der Waals surface area contributed by atoms with Crippen LogP contribution in [0.3, 0.4) is 0 Å². The molecule has 2 N–H and O–H groups in total. The third-order valence-corrected chi connectivity index (χ3v) is 4.27. The molecule has 3 heteroatoms. The van der Waals surface area contributed by atoms with Crippen LogP contribution in [-0.4, -0.2) is 11.7 Å². The third-order valence-electron chi connectivity index (χ3n) is 2.65. The van der Waals surface area contributed by atoms with Crippen molar-refractivity contribution in [2.75, 3.05) is 5.75 Å². The maximum Gasteiger partial charge on any atom is 0.221 e. The topological polar surface area (TPSA) is 43.1 Å². The van der Waals surface area contributed by atoms with Crippen molar-refractivity contribution in [3.05, 3.63) is 35.9 Å². The molecular formula is C13H19NOS. The Morgan fingerprint density at radius 3 is 2.44 bits per heavy atom. The molecule has 1 amide bonds. The lowest BCUT2D eigenvalue weighted by atomic mass is 10.0. The summed E-state index contributed by atoms with van der Waals surface area (Å²) >= 11 is 1.77. The predicted molar refractivity (Wildman–Crippen MR) is 70.3 cm³/mol. The van der Waals surface area contributed by atoms with Crippen molar-refractivity contribution in [2.24, 2.45) is 11.7 Å². The smallest absolute Gasteiger partial charge is 0.221 e. The summed E-state index contributed by atoms with van der Waals surface area (Å²) in [5.41, 5.74) is 6.53. The maximum absolute atomic E-state index is 11.0. The highest BCUT2D eigenvalue weighted by Crippen LogP contribution is 2.36. The van der Waals surface area contributed by atoms with E-state index in [0.717, 1.165) is 5.75 Å². The van der Waals surface area contributed by atoms with Crippen LogP contribution in [-0.2, 0) is 9.54 Å². The van der Waals surface area contributed by atoms with Crippen LogP contribution in [0.15, 0.2) is 30.3 Å². The molecule has 0 aliphatic carbocycles. The number of amides is 1. The van der Waals surface area contributed by atoms with Crippen molar-refractivity contribution >= 4 is 17.7 Å². The van der Waals surface area contributed by atoms with Gasteiger partial charge >= 0.3 is 0 Å². The number of nitrogens with two attached hydrogens (primary N) is 1. The number of hydrogen-bond donors (Lipinski definition) is 1. The highest BCUT2D eigenvalue weighted by Gasteiger charge is 2.22. The van der Waals surface area contributed by atoms with E-state index < -0.39 is 0 Å². The zero-order valence-electron chi connectivity index (χ0n) is 10.1. The lowest BCUT2D eigenvalue weighted by Gasteiger charge is -2.25. The largest absolute Gasteiger partial charge is 0.369 e. The van der Waals surface area contributed by atoms with Crippen molar-refractivity contribution in [3.8, 4) is 0 Å². The van der Waals surface area contributed by atoms with Gasteiger partial charge in [0, 0.05) is 16.4 Å². The second-order valence-corrected chi connectivity index (χ2v) is 6.13. The first-order valence-electron chi connectivity index (χ1n) is 5.42. The third kappa shape index (κ3) is 3.56. The van der Waals surface area contributed by atoms with Crippen molar-refractivity contribution < 1.29 is 4.79 Å². The molecule has 0 fully saturated rings. The van der Waals surface area contributed by atoms with E-state index in [4.69, 9.17) is 5.73 Å². The molecule has 0 radical (unpaired) electrons. The Hall–Kier alpha value is -0.960. The van der Waals surface area contributed by atoms with Gasteiger partial charge in [0.25, 0.3) is 0 Å². The first-order valence-corrected chi connectivity index (χ1v) is 6.41. The fraction of sp³-hybridized carbons (Fsp3) is 0.462. The molecule has 0 aliphatic rings. The zero-order valence-corrected chi connectivity index (χ0v) is 10.9. The Labute approximate surface area is 102 Å². The number of carbonyl (C=O) groups is 1. The van der Waals surface area contributed by atoms with Crippen LogP contribution in [0.4, 0.5) is 0 Å². The van der Waals surface area contributed by atoms with E-state index in [0.29, 0.717) is 0 Å². The quantitative estimate of drug-likeness (QED) is 0.855. The minimum absolute atomic E-state index is 0.0188. The molecule has 0 saturated carbocycles. The Bertz CT molecular complexity index is 348. The summed E-state index contributed by atoms with van der Waals surface area (Å²) in [6.45, 7) is 6.21. The molecular weight excluding hydrogens is 218 g/mol. The van der Waals surface area contributed by atoms with Crippen LogP contribution >= 0.6 is 11.8 Å². The normalized spacial score (nSPS) is 13.4. The molecule has 2 nitrogen and oxygen atoms in total. The van der Waals surface area contributed by atoms with Gasteiger partial charge in [0.05, 0.1) is 0 Å². The molecule has 1 aromatic rings. The second-order valence-electron chi connectivity index (χ2n) is 4.49. The SMILES string of the molecule is C[C@@H](CSC(C)(C)c1ccccc1)C(N)=O. The van der Waals surface area contributed by atoms with Gasteiger partial charge in [0.2, 0.25) is 5.91 Å². The van der Waals surface area contributed by atoms with E-state index in [1.165, 1.54) is 5.56 Å². The van der Waals surface area contributed by atoms with Gasteiger partial charge in [-0.15, -0.1) is 0 Å². The van der Waals surface area contributed by atoms with Gasteiger partial charge in [0.15, 0.2) is 0 Å². The van der Waals surface area contributed by atoms with Crippen LogP contribution in [0, 0.1) is 5.92 Å². The average Bonchev–Trinajstić information content (AvgIpc) is 2.27. The lowest BCUT2D eigenvalue weighted by molar-refractivity contribution is -0.120. The molecule has 0 bridgehead atoms. The monoisotopic (exact) mass is 237 g/mol. The van der Waals surface area contributed by atoms with E-state index in [-0.39, 0.29) is 16.6 Å². The van der Waals surface area contributed by atoms with Crippen LogP contribution in [0.2, 0.25) is 0 Å². The molecule has 16 heavy (non-hydrogen) atoms. The molecule has 1 aromatic carbocycles. The minimum atomic E-state index is -0.226. The summed E-state index contributed by atoms with van der Waals surface area (Å²) in [7, 11) is 0. The summed E-state index contributed by atoms with van der Waals surface area (Å²) in [5, 5.41) is 0. The molecule has 1 atom stereocenters. The molecule has 0 heterocycles. The van der Waals surface area contributed by atoms with Crippen LogP contribution in [0.1, 0.15) is 26.3 Å². The van der Waals surface area contributed by atoms with E-state index in [9.17, 15) is 4.79 Å². The van der Waals surface area contributed by atoms with Crippen LogP contribution in [0.25, 0.3) is 0 Å². The summed E-state index contributed by atoms with van der Waals surface area (Å²) in [6.07, 6.45) is 0. The van der Waals surface area contributed by atoms with E-state index in [2.05, 4.69) is 26.0 Å². The lowest BCUT2D eigenvalue weighted by Crippen LogP contribution is -2.24. The number of primary amides is 1. The second kappa shape index (κ2) is 5.39. The fourth-order valence-electron chi connectivity index (χ4n) is 1.34. The van der Waals surface area contributed by atoms with Gasteiger partial charge in [-0.1, -0.05) is 37.3 Å². The number of hydrogen-bond acceptors (Lipinski definition) is 2. The van der Waals surface area contributed by atoms with Crippen molar-refractivity contribution in [1.29, 1.82) is 0 Å². The molecule has 0 saturated heterocycles. The predicted octanol–water partition coefficient (Wildman–Crippen LogP) is 2.78. The number of thioether (sulfide) groups is 1. The molecule has 0 unspecified atom stereocenters. The van der Waals surface area contributed by atoms with Crippen molar-refractivity contribution in [3.63, 3.8) is 0 Å². The molecule has 0 aromatic heterocycles. The molecule has 1 rings (SSSR count). The van der Waals surface area contributed by atoms with Gasteiger partial charge in [-0.25, -0.2) is 0 Å². The van der Waals surface area contributed by atoms with Crippen molar-refractivity contribution in [2.45, 2.75) is 25.5 Å². The summed E-state index contributed by atoms with van der Waals surface area (Å²) in [5.74, 6) is 0.460. The highest BCUT2D eigenvalue weighted by atomic mass is 32.2. The Kier molecular flexibility index (Phi) is 4.42. The van der Waals surface area contributed by atoms with Crippen molar-refractivity contribution in [1.82, 2.24) is 0 Å². The summed E-state index contributed by atoms with van der Waals surface area (Å²) in [6, 6.07) is 10.3. The van der Waals surface area contributed by atoms with Gasteiger partial charge in [-0.2, -0.15) is 11.8 Å². The number of carbonyl (C=O) groups excluding carboxylic acids is 1. The van der Waals surface area contributed by atoms with E-state index in [1.807, 2.05) is 25.1 Å². The number of rotatable bonds is 5. The first kappa shape index (κ1) is 13.1. The molecule has 0 spiro atoms. The summed E-state index contributed by atoms with van der Waals surface area (Å²) < 4.78 is 0.0188. The van der Waals surface area contributed by atoms with Gasteiger partial charge in [0.1, 0.15) is 0 Å². The van der Waals surface area contributed by atoms with Crippen LogP contribution < -0.4 is 5.73 Å². The zero-order chi connectivity index (χ0) is 12.2. The van der Waals surface area contributed by atoms with E-state index in [1.54, 1.807) is 11.8 Å². The Morgan fingerprint density at radius 2 is 1.94 bits per heavy atom. The molecule has 0 aliphatic heterocycles. The maximum atomic E-state index is 11.0. The van der Waals surface area contributed by atoms with Gasteiger partial charge in [-0.3, -0.25) is 4.79 Å². The van der Waals surface area contributed by atoms with Gasteiger partial charge in [-0.05, 0) is 19.4 Å². The Morgan fingerprint density at radius 1 is 1.38 bits per heavy atom. The average molecular weight is 237 g/mol. The number of benzene rings is 1. The van der Waals surface area contributed by atoms with E-state index >= 15 is 0 Å². The first-order chi connectivity index (χ1) is 7.43. The highest BCUT2D eigenvalue weighted by molar-refractivity contribution is 8.00. The fourth-order valence-corrected chi connectivity index (χ4v) is 2.47.